The van der Waals surface area contributed by atoms with Crippen LogP contribution in [0.3, 0.4) is 0 Å². The van der Waals surface area contributed by atoms with Crippen molar-refractivity contribution in [3.05, 3.63) is 95.6 Å². The van der Waals surface area contributed by atoms with Crippen LogP contribution in [0.5, 0.6) is 11.5 Å². The van der Waals surface area contributed by atoms with Crippen LogP contribution >= 0.6 is 0 Å². The molecule has 0 radical (unpaired) electrons. The van der Waals surface area contributed by atoms with Gasteiger partial charge in [0.1, 0.15) is 5.82 Å². The number of fused-ring (bicyclic) bond motifs is 2. The summed E-state index contributed by atoms with van der Waals surface area (Å²) in [4.78, 5) is 19.8. The molecular weight excluding hydrogens is 488 g/mol. The SMILES string of the molecule is CCC(c1ccccc1)C1c2cc(OC)c(OC)cc2CCN1CCNC(=O)Nc1ccc2ccccc2n1. The Balaban J connectivity index is 1.33. The minimum Gasteiger partial charge on any atom is -0.493 e. The molecule has 1 aliphatic heterocycles. The molecule has 2 N–H and O–H groups in total. The first-order valence-electron chi connectivity index (χ1n) is 13.6. The number of anilines is 1. The van der Waals surface area contributed by atoms with Gasteiger partial charge in [0.15, 0.2) is 11.5 Å². The molecule has 7 heteroatoms. The minimum atomic E-state index is -0.256. The zero-order valence-corrected chi connectivity index (χ0v) is 22.8. The van der Waals surface area contributed by atoms with Crippen molar-refractivity contribution in [3.8, 4) is 11.5 Å². The summed E-state index contributed by atoms with van der Waals surface area (Å²) in [6.45, 7) is 4.38. The van der Waals surface area contributed by atoms with Crippen LogP contribution in [0, 0.1) is 0 Å². The van der Waals surface area contributed by atoms with Gasteiger partial charge in [-0.3, -0.25) is 10.2 Å². The standard InChI is InChI=1S/C32H36N4O3/c1-4-25(22-10-6-5-7-11-22)31-26-21-29(39-3)28(38-2)20-24(26)16-18-36(31)19-17-33-32(37)35-30-15-14-23-12-8-9-13-27(23)34-30/h5-15,20-21,25,31H,4,16-19H2,1-3H3,(H2,33,34,35,37). The van der Waals surface area contributed by atoms with Crippen molar-refractivity contribution in [2.24, 2.45) is 0 Å². The summed E-state index contributed by atoms with van der Waals surface area (Å²) >= 11 is 0. The highest BCUT2D eigenvalue weighted by Gasteiger charge is 2.34. The van der Waals surface area contributed by atoms with Crippen molar-refractivity contribution in [1.29, 1.82) is 0 Å². The lowest BCUT2D eigenvalue weighted by atomic mass is 9.79. The van der Waals surface area contributed by atoms with Gasteiger partial charge in [0.2, 0.25) is 0 Å². The smallest absolute Gasteiger partial charge is 0.320 e. The second kappa shape index (κ2) is 12.2. The van der Waals surface area contributed by atoms with E-state index in [1.807, 2.05) is 36.4 Å². The highest BCUT2D eigenvalue weighted by molar-refractivity contribution is 5.90. The predicted molar refractivity (Wildman–Crippen MR) is 156 cm³/mol. The van der Waals surface area contributed by atoms with Crippen LogP contribution in [-0.2, 0) is 6.42 Å². The number of ether oxygens (including phenoxy) is 2. The van der Waals surface area contributed by atoms with E-state index in [0.717, 1.165) is 48.3 Å². The fourth-order valence-corrected chi connectivity index (χ4v) is 5.70. The molecule has 0 saturated heterocycles. The van der Waals surface area contributed by atoms with Gasteiger partial charge in [-0.2, -0.15) is 0 Å². The molecule has 4 aromatic rings. The molecule has 1 aromatic heterocycles. The van der Waals surface area contributed by atoms with Gasteiger partial charge < -0.3 is 14.8 Å². The maximum absolute atomic E-state index is 12.7. The lowest BCUT2D eigenvalue weighted by molar-refractivity contribution is 0.157. The number of urea groups is 1. The Bertz CT molecular complexity index is 1430. The average Bonchev–Trinajstić information content (AvgIpc) is 2.98. The molecule has 1 aliphatic rings. The first-order chi connectivity index (χ1) is 19.1. The van der Waals surface area contributed by atoms with E-state index in [1.165, 1.54) is 16.7 Å². The van der Waals surface area contributed by atoms with Gasteiger partial charge in [-0.25, -0.2) is 9.78 Å². The van der Waals surface area contributed by atoms with Crippen LogP contribution in [0.1, 0.15) is 42.0 Å². The lowest BCUT2D eigenvalue weighted by Gasteiger charge is -2.42. The molecule has 0 spiro atoms. The number of rotatable bonds is 9. The average molecular weight is 525 g/mol. The van der Waals surface area contributed by atoms with Crippen molar-refractivity contribution in [1.82, 2.24) is 15.2 Å². The lowest BCUT2D eigenvalue weighted by Crippen LogP contribution is -2.43. The normalized spacial score (nSPS) is 15.8. The van der Waals surface area contributed by atoms with Crippen molar-refractivity contribution in [2.75, 3.05) is 39.2 Å². The number of para-hydroxylation sites is 1. The van der Waals surface area contributed by atoms with Crippen molar-refractivity contribution in [2.45, 2.75) is 31.7 Å². The van der Waals surface area contributed by atoms with E-state index in [4.69, 9.17) is 9.47 Å². The number of methoxy groups -OCH3 is 2. The van der Waals surface area contributed by atoms with Crippen LogP contribution in [0.2, 0.25) is 0 Å². The number of hydrogen-bond donors (Lipinski definition) is 2. The fraction of sp³-hybridized carbons (Fsp3) is 0.312. The van der Waals surface area contributed by atoms with Crippen molar-refractivity contribution < 1.29 is 14.3 Å². The molecular formula is C32H36N4O3. The summed E-state index contributed by atoms with van der Waals surface area (Å²) in [6.07, 6.45) is 1.89. The summed E-state index contributed by atoms with van der Waals surface area (Å²) in [5, 5.41) is 6.95. The number of carbonyl (C=O) groups is 1. The maximum Gasteiger partial charge on any atom is 0.320 e. The van der Waals surface area contributed by atoms with Crippen molar-refractivity contribution >= 4 is 22.8 Å². The first kappa shape index (κ1) is 26.5. The third-order valence-corrected chi connectivity index (χ3v) is 7.60. The number of amides is 2. The summed E-state index contributed by atoms with van der Waals surface area (Å²) in [5.41, 5.74) is 4.71. The van der Waals surface area contributed by atoms with E-state index in [0.29, 0.717) is 18.3 Å². The Labute approximate surface area is 230 Å². The second-order valence-electron chi connectivity index (χ2n) is 9.83. The molecule has 2 atom stereocenters. The van der Waals surface area contributed by atoms with Gasteiger partial charge in [0.05, 0.1) is 19.7 Å². The first-order valence-corrected chi connectivity index (χ1v) is 13.6. The van der Waals surface area contributed by atoms with E-state index in [2.05, 4.69) is 69.9 Å². The third kappa shape index (κ3) is 5.83. The van der Waals surface area contributed by atoms with Crippen molar-refractivity contribution in [3.63, 3.8) is 0 Å². The molecule has 5 rings (SSSR count). The van der Waals surface area contributed by atoms with E-state index >= 15 is 0 Å². The Hall–Kier alpha value is -4.10. The zero-order chi connectivity index (χ0) is 27.2. The molecule has 2 amide bonds. The Morgan fingerprint density at radius 2 is 1.74 bits per heavy atom. The van der Waals surface area contributed by atoms with Crippen LogP contribution < -0.4 is 20.1 Å². The monoisotopic (exact) mass is 524 g/mol. The van der Waals surface area contributed by atoms with Gasteiger partial charge in [-0.15, -0.1) is 0 Å². The van der Waals surface area contributed by atoms with E-state index in [-0.39, 0.29) is 12.1 Å². The van der Waals surface area contributed by atoms with Crippen LogP contribution in [0.15, 0.2) is 78.9 Å². The molecule has 2 unspecified atom stereocenters. The number of nitrogens with one attached hydrogen (secondary N) is 2. The maximum atomic E-state index is 12.7. The number of pyridine rings is 1. The molecule has 0 fully saturated rings. The zero-order valence-electron chi connectivity index (χ0n) is 22.8. The molecule has 39 heavy (non-hydrogen) atoms. The quantitative estimate of drug-likeness (QED) is 0.274. The Morgan fingerprint density at radius 1 is 1.00 bits per heavy atom. The molecule has 202 valence electrons. The number of benzene rings is 3. The number of nitrogens with zero attached hydrogens (tertiary/aromatic N) is 2. The topological polar surface area (TPSA) is 75.7 Å². The fourth-order valence-electron chi connectivity index (χ4n) is 5.70. The summed E-state index contributed by atoms with van der Waals surface area (Å²) in [7, 11) is 3.36. The summed E-state index contributed by atoms with van der Waals surface area (Å²) in [5.74, 6) is 2.33. The van der Waals surface area contributed by atoms with Gasteiger partial charge in [-0.1, -0.05) is 55.5 Å². The highest BCUT2D eigenvalue weighted by atomic mass is 16.5. The molecule has 3 aromatic carbocycles. The molecule has 2 heterocycles. The largest absolute Gasteiger partial charge is 0.493 e. The third-order valence-electron chi connectivity index (χ3n) is 7.60. The number of carbonyl (C=O) groups excluding carboxylic acids is 1. The summed E-state index contributed by atoms with van der Waals surface area (Å²) in [6, 6.07) is 26.5. The van der Waals surface area contributed by atoms with Gasteiger partial charge in [0.25, 0.3) is 0 Å². The van der Waals surface area contributed by atoms with E-state index in [9.17, 15) is 4.79 Å². The number of aromatic nitrogens is 1. The van der Waals surface area contributed by atoms with Gasteiger partial charge in [0, 0.05) is 37.0 Å². The van der Waals surface area contributed by atoms with E-state index < -0.39 is 0 Å². The van der Waals surface area contributed by atoms with Crippen LogP contribution in [0.25, 0.3) is 10.9 Å². The Kier molecular flexibility index (Phi) is 8.27. The van der Waals surface area contributed by atoms with Gasteiger partial charge in [-0.05, 0) is 59.9 Å². The highest BCUT2D eigenvalue weighted by Crippen LogP contribution is 2.45. The van der Waals surface area contributed by atoms with Gasteiger partial charge >= 0.3 is 6.03 Å². The number of hydrogen-bond acceptors (Lipinski definition) is 5. The van der Waals surface area contributed by atoms with Crippen LogP contribution in [-0.4, -0.2) is 49.8 Å². The predicted octanol–water partition coefficient (Wildman–Crippen LogP) is 6.17. The molecule has 7 nitrogen and oxygen atoms in total. The van der Waals surface area contributed by atoms with Crippen LogP contribution in [0.4, 0.5) is 10.6 Å². The Morgan fingerprint density at radius 3 is 2.51 bits per heavy atom. The second-order valence-corrected chi connectivity index (χ2v) is 9.83. The summed E-state index contributed by atoms with van der Waals surface area (Å²) < 4.78 is 11.3. The van der Waals surface area contributed by atoms with E-state index in [1.54, 1.807) is 14.2 Å². The molecule has 0 saturated carbocycles. The molecule has 0 aliphatic carbocycles. The minimum absolute atomic E-state index is 0.146. The molecule has 0 bridgehead atoms.